The van der Waals surface area contributed by atoms with Gasteiger partial charge in [-0.05, 0) is 40.5 Å². The number of benzene rings is 4. The number of carbonyl (C=O) groups is 1. The highest BCUT2D eigenvalue weighted by atomic mass is 35.5. The summed E-state index contributed by atoms with van der Waals surface area (Å²) in [4.78, 5) is 16.4. The zero-order valence-electron chi connectivity index (χ0n) is 26.3. The smallest absolute Gasteiger partial charge is 0.417 e. The monoisotopic (exact) mass is 702 g/mol. The number of aliphatic hydroxyl groups is 1. The summed E-state index contributed by atoms with van der Waals surface area (Å²) < 4.78 is 52.4. The molecular weight excluding hydrogens is 664 g/mol. The average Bonchev–Trinajstić information content (AvgIpc) is 3.08. The molecule has 0 aromatic heterocycles. The van der Waals surface area contributed by atoms with Crippen molar-refractivity contribution >= 4 is 29.9 Å². The topological polar surface area (TPSA) is 62.2 Å². The molecule has 0 radical (unpaired) electrons. The van der Waals surface area contributed by atoms with Gasteiger partial charge in [0.25, 0.3) is 0 Å². The van der Waals surface area contributed by atoms with Gasteiger partial charge in [0, 0.05) is 38.6 Å². The van der Waals surface area contributed by atoms with Gasteiger partial charge in [-0.2, -0.15) is 13.2 Å². The summed E-state index contributed by atoms with van der Waals surface area (Å²) in [6, 6.07) is 30.8. The van der Waals surface area contributed by atoms with Crippen LogP contribution in [0.3, 0.4) is 0 Å². The summed E-state index contributed by atoms with van der Waals surface area (Å²) >= 11 is 6.32. The minimum atomic E-state index is -4.59. The van der Waals surface area contributed by atoms with Crippen LogP contribution >= 0.6 is 24.0 Å². The molecule has 0 spiro atoms. The fraction of sp³-hybridized carbons (Fsp3) is 0.324. The van der Waals surface area contributed by atoms with E-state index in [9.17, 15) is 23.1 Å². The molecule has 4 aromatic rings. The molecule has 1 atom stereocenters. The number of carbonyl (C=O) groups excluding carboxylic acids is 1. The highest BCUT2D eigenvalue weighted by molar-refractivity contribution is 6.32. The average molecular weight is 704 g/mol. The van der Waals surface area contributed by atoms with Crippen LogP contribution in [0.25, 0.3) is 0 Å². The second kappa shape index (κ2) is 17.7. The maximum atomic E-state index is 13.7. The summed E-state index contributed by atoms with van der Waals surface area (Å²) in [7, 11) is 0. The Hall–Kier alpha value is -3.60. The van der Waals surface area contributed by atoms with Crippen molar-refractivity contribution in [3.05, 3.63) is 136 Å². The largest absolute Gasteiger partial charge is 0.491 e. The Morgan fingerprint density at radius 1 is 0.896 bits per heavy atom. The first kappa shape index (κ1) is 37.2. The lowest BCUT2D eigenvalue weighted by molar-refractivity contribution is -0.137. The lowest BCUT2D eigenvalue weighted by atomic mass is 9.90. The molecule has 0 unspecified atom stereocenters. The quantitative estimate of drug-likeness (QED) is 0.159. The Balaban J connectivity index is 0.00000520. The molecule has 5 rings (SSSR count). The van der Waals surface area contributed by atoms with E-state index in [0.29, 0.717) is 44.2 Å². The van der Waals surface area contributed by atoms with Crippen LogP contribution in [0, 0.1) is 0 Å². The van der Waals surface area contributed by atoms with Crippen LogP contribution < -0.4 is 4.74 Å². The number of alkyl halides is 3. The lowest BCUT2D eigenvalue weighted by Gasteiger charge is -2.30. The zero-order valence-corrected chi connectivity index (χ0v) is 27.9. The maximum Gasteiger partial charge on any atom is 0.417 e. The first-order valence-electron chi connectivity index (χ1n) is 15.6. The Morgan fingerprint density at radius 2 is 1.52 bits per heavy atom. The molecule has 256 valence electrons. The van der Waals surface area contributed by atoms with Crippen LogP contribution in [0.1, 0.15) is 33.7 Å². The predicted octanol–water partition coefficient (Wildman–Crippen LogP) is 7.26. The van der Waals surface area contributed by atoms with E-state index in [4.69, 9.17) is 21.1 Å². The van der Waals surface area contributed by atoms with Gasteiger partial charge in [-0.15, -0.1) is 12.4 Å². The summed E-state index contributed by atoms with van der Waals surface area (Å²) in [5.41, 5.74) is 2.28. The van der Waals surface area contributed by atoms with Crippen molar-refractivity contribution in [2.45, 2.75) is 31.2 Å². The Bertz CT molecular complexity index is 1550. The third-order valence-electron chi connectivity index (χ3n) is 8.15. The molecule has 1 N–H and O–H groups in total. The number of nitrogens with zero attached hydrogens (tertiary/aromatic N) is 2. The molecule has 1 amide bonds. The van der Waals surface area contributed by atoms with Crippen LogP contribution in [0.4, 0.5) is 13.2 Å². The van der Waals surface area contributed by atoms with Gasteiger partial charge in [0.2, 0.25) is 5.91 Å². The standard InChI is InChI=1S/C37H38ClF3N2O4.ClH/c38-36-30(14-8-16-34(36)37(39,40)41)23-42(25-33(28-10-3-1-4-11-28)29-12-5-2-6-13-29)24-31(44)26-47-32-15-7-9-27(21-32)22-35(45)43-17-19-46-20-18-43;/h1-16,21,31,33,44H,17-20,22-26H2;1H/t31-;/m0./s1. The van der Waals surface area contributed by atoms with Gasteiger partial charge in [0.1, 0.15) is 18.5 Å². The van der Waals surface area contributed by atoms with Crippen LogP contribution in [-0.4, -0.2) is 72.9 Å². The minimum absolute atomic E-state index is 0. The van der Waals surface area contributed by atoms with Gasteiger partial charge in [-0.3, -0.25) is 9.69 Å². The molecule has 1 heterocycles. The minimum Gasteiger partial charge on any atom is -0.491 e. The highest BCUT2D eigenvalue weighted by Gasteiger charge is 2.34. The van der Waals surface area contributed by atoms with Crippen molar-refractivity contribution in [1.29, 1.82) is 0 Å². The number of hydrogen-bond donors (Lipinski definition) is 1. The molecule has 1 saturated heterocycles. The van der Waals surface area contributed by atoms with Crippen molar-refractivity contribution in [3.63, 3.8) is 0 Å². The summed E-state index contributed by atoms with van der Waals surface area (Å²) in [5, 5.41) is 10.8. The third kappa shape index (κ3) is 10.4. The van der Waals surface area contributed by atoms with E-state index < -0.39 is 17.8 Å². The number of morpholine rings is 1. The second-order valence-electron chi connectivity index (χ2n) is 11.6. The highest BCUT2D eigenvalue weighted by Crippen LogP contribution is 2.37. The molecule has 1 aliphatic rings. The summed E-state index contributed by atoms with van der Waals surface area (Å²) in [6.07, 6.45) is -5.35. The predicted molar refractivity (Wildman–Crippen MR) is 183 cm³/mol. The van der Waals surface area contributed by atoms with Crippen molar-refractivity contribution in [3.8, 4) is 5.75 Å². The Morgan fingerprint density at radius 3 is 2.15 bits per heavy atom. The Labute approximate surface area is 290 Å². The molecule has 0 saturated carbocycles. The van der Waals surface area contributed by atoms with Gasteiger partial charge in [-0.25, -0.2) is 0 Å². The van der Waals surface area contributed by atoms with E-state index in [1.807, 2.05) is 71.6 Å². The summed E-state index contributed by atoms with van der Waals surface area (Å²) in [5.74, 6) is 0.395. The van der Waals surface area contributed by atoms with Gasteiger partial charge >= 0.3 is 6.18 Å². The number of rotatable bonds is 13. The summed E-state index contributed by atoms with van der Waals surface area (Å²) in [6.45, 7) is 2.72. The van der Waals surface area contributed by atoms with Crippen molar-refractivity contribution in [1.82, 2.24) is 9.80 Å². The molecule has 0 aliphatic carbocycles. The number of hydrogen-bond acceptors (Lipinski definition) is 5. The van der Waals surface area contributed by atoms with Gasteiger partial charge < -0.3 is 19.5 Å². The molecule has 6 nitrogen and oxygen atoms in total. The molecule has 48 heavy (non-hydrogen) atoms. The van der Waals surface area contributed by atoms with Crippen LogP contribution in [-0.2, 0) is 28.7 Å². The van der Waals surface area contributed by atoms with E-state index in [1.165, 1.54) is 6.07 Å². The second-order valence-corrected chi connectivity index (χ2v) is 12.0. The zero-order chi connectivity index (χ0) is 33.2. The molecule has 0 bridgehead atoms. The first-order chi connectivity index (χ1) is 22.7. The van der Waals surface area contributed by atoms with E-state index in [1.54, 1.807) is 29.2 Å². The third-order valence-corrected chi connectivity index (χ3v) is 8.60. The maximum absolute atomic E-state index is 13.7. The molecule has 11 heteroatoms. The van der Waals surface area contributed by atoms with Crippen molar-refractivity contribution in [2.24, 2.45) is 0 Å². The van der Waals surface area contributed by atoms with Crippen LogP contribution in [0.5, 0.6) is 5.75 Å². The van der Waals surface area contributed by atoms with Gasteiger partial charge in [0.15, 0.2) is 0 Å². The SMILES string of the molecule is Cl.O=C(Cc1cccc(OC[C@@H](O)CN(Cc2cccc(C(F)(F)F)c2Cl)CC(c2ccccc2)c2ccccc2)c1)N1CCOCC1. The van der Waals surface area contributed by atoms with E-state index in [0.717, 1.165) is 22.8 Å². The number of halogens is 5. The number of aliphatic hydroxyl groups excluding tert-OH is 1. The normalized spacial score (nSPS) is 14.1. The fourth-order valence-corrected chi connectivity index (χ4v) is 6.08. The lowest BCUT2D eigenvalue weighted by Crippen LogP contribution is -2.41. The van der Waals surface area contributed by atoms with Crippen LogP contribution in [0.2, 0.25) is 5.02 Å². The van der Waals surface area contributed by atoms with E-state index >= 15 is 0 Å². The molecule has 1 aliphatic heterocycles. The van der Waals surface area contributed by atoms with Crippen molar-refractivity contribution < 1.29 is 32.5 Å². The van der Waals surface area contributed by atoms with Crippen molar-refractivity contribution in [2.75, 3.05) is 46.0 Å². The van der Waals surface area contributed by atoms with Gasteiger partial charge in [0.05, 0.1) is 30.2 Å². The number of amides is 1. The fourth-order valence-electron chi connectivity index (χ4n) is 5.79. The first-order valence-corrected chi connectivity index (χ1v) is 16.0. The van der Waals surface area contributed by atoms with Gasteiger partial charge in [-0.1, -0.05) is 96.5 Å². The van der Waals surface area contributed by atoms with Crippen LogP contribution in [0.15, 0.2) is 103 Å². The molecular formula is C37H39Cl2F3N2O4. The Kier molecular flexibility index (Phi) is 13.7. The molecule has 1 fully saturated rings. The molecule has 4 aromatic carbocycles. The number of ether oxygens (including phenoxy) is 2. The van der Waals surface area contributed by atoms with E-state index in [-0.39, 0.29) is 55.4 Å². The van der Waals surface area contributed by atoms with E-state index in [2.05, 4.69) is 0 Å².